The number of hydrogen-bond donors (Lipinski definition) is 1. The van der Waals surface area contributed by atoms with Crippen molar-refractivity contribution in [3.8, 4) is 11.3 Å². The van der Waals surface area contributed by atoms with Crippen LogP contribution in [0.4, 0.5) is 10.3 Å². The molecule has 0 bridgehead atoms. The lowest BCUT2D eigenvalue weighted by atomic mass is 10.1. The molecule has 0 radical (unpaired) electrons. The summed E-state index contributed by atoms with van der Waals surface area (Å²) < 4.78 is 13.3. The molecule has 0 aliphatic heterocycles. The molecule has 0 atom stereocenters. The van der Waals surface area contributed by atoms with Crippen LogP contribution in [0.15, 0.2) is 29.6 Å². The minimum Gasteiger partial charge on any atom is -0.368 e. The molecule has 2 heterocycles. The van der Waals surface area contributed by atoms with E-state index in [0.29, 0.717) is 16.3 Å². The normalized spacial score (nSPS) is 11.0. The maximum Gasteiger partial charge on any atom is 0.221 e. The van der Waals surface area contributed by atoms with Crippen molar-refractivity contribution in [1.82, 2.24) is 9.97 Å². The van der Waals surface area contributed by atoms with E-state index in [4.69, 9.17) is 17.3 Å². The van der Waals surface area contributed by atoms with Crippen molar-refractivity contribution < 1.29 is 4.39 Å². The summed E-state index contributed by atoms with van der Waals surface area (Å²) >= 11 is 7.54. The molecule has 0 fully saturated rings. The minimum atomic E-state index is -0.366. The number of nitrogens with two attached hydrogens (primary N) is 1. The molecule has 1 aromatic carbocycles. The average molecular weight is 280 g/mol. The largest absolute Gasteiger partial charge is 0.368 e. The van der Waals surface area contributed by atoms with E-state index >= 15 is 0 Å². The number of aromatic nitrogens is 2. The first-order valence-electron chi connectivity index (χ1n) is 5.11. The molecule has 0 aliphatic carbocycles. The van der Waals surface area contributed by atoms with Crippen molar-refractivity contribution in [2.75, 3.05) is 5.73 Å². The summed E-state index contributed by atoms with van der Waals surface area (Å²) in [6, 6.07) is 6.03. The molecule has 0 saturated heterocycles. The fraction of sp³-hybridized carbons (Fsp3) is 0. The molecule has 0 aliphatic rings. The first kappa shape index (κ1) is 11.4. The molecule has 3 rings (SSSR count). The highest BCUT2D eigenvalue weighted by Crippen LogP contribution is 2.34. The summed E-state index contributed by atoms with van der Waals surface area (Å²) in [5, 5.41) is 3.14. The van der Waals surface area contributed by atoms with E-state index in [1.165, 1.54) is 29.5 Å². The van der Waals surface area contributed by atoms with E-state index in [2.05, 4.69) is 9.97 Å². The van der Waals surface area contributed by atoms with E-state index in [0.717, 1.165) is 10.2 Å². The highest BCUT2D eigenvalue weighted by Gasteiger charge is 2.13. The molecule has 2 aromatic heterocycles. The highest BCUT2D eigenvalue weighted by molar-refractivity contribution is 7.16. The number of rotatable bonds is 1. The van der Waals surface area contributed by atoms with Crippen molar-refractivity contribution in [2.24, 2.45) is 0 Å². The van der Waals surface area contributed by atoms with E-state index in [9.17, 15) is 4.39 Å². The summed E-state index contributed by atoms with van der Waals surface area (Å²) in [7, 11) is 0. The van der Waals surface area contributed by atoms with Crippen LogP contribution in [0.25, 0.3) is 21.5 Å². The summed E-state index contributed by atoms with van der Waals surface area (Å²) in [6.07, 6.45) is 0. The molecular formula is C12H7ClFN3S. The van der Waals surface area contributed by atoms with Crippen LogP contribution < -0.4 is 5.73 Å². The number of benzene rings is 1. The third kappa shape index (κ3) is 1.81. The number of hydrogen-bond acceptors (Lipinski definition) is 4. The lowest BCUT2D eigenvalue weighted by Gasteiger charge is -2.06. The highest BCUT2D eigenvalue weighted by atomic mass is 35.5. The molecule has 0 unspecified atom stereocenters. The van der Waals surface area contributed by atoms with E-state index in [1.54, 1.807) is 0 Å². The number of nitrogen functional groups attached to an aromatic ring is 1. The van der Waals surface area contributed by atoms with Gasteiger partial charge in [0.15, 0.2) is 0 Å². The van der Waals surface area contributed by atoms with Crippen molar-refractivity contribution >= 4 is 39.1 Å². The second-order valence-corrected chi connectivity index (χ2v) is 5.00. The smallest absolute Gasteiger partial charge is 0.221 e. The Hall–Kier alpha value is -1.72. The van der Waals surface area contributed by atoms with Crippen molar-refractivity contribution in [2.45, 2.75) is 0 Å². The number of nitrogens with zero attached hydrogens (tertiary/aromatic N) is 2. The zero-order valence-corrected chi connectivity index (χ0v) is 10.6. The summed E-state index contributed by atoms with van der Waals surface area (Å²) in [4.78, 5) is 9.05. The quantitative estimate of drug-likeness (QED) is 0.738. The predicted octanol–water partition coefficient (Wildman–Crippen LogP) is 3.73. The van der Waals surface area contributed by atoms with Crippen LogP contribution in [0, 0.1) is 5.82 Å². The van der Waals surface area contributed by atoms with Gasteiger partial charge in [0.25, 0.3) is 0 Å². The van der Waals surface area contributed by atoms with Gasteiger partial charge in [-0.3, -0.25) is 0 Å². The van der Waals surface area contributed by atoms with Gasteiger partial charge in [0.05, 0.1) is 10.7 Å². The van der Waals surface area contributed by atoms with Crippen LogP contribution in [-0.2, 0) is 0 Å². The Bertz CT molecular complexity index is 741. The van der Waals surface area contributed by atoms with Gasteiger partial charge in [0.1, 0.15) is 10.6 Å². The fourth-order valence-corrected chi connectivity index (χ4v) is 2.73. The van der Waals surface area contributed by atoms with E-state index in [1.807, 2.05) is 11.4 Å². The molecular weight excluding hydrogens is 273 g/mol. The molecule has 0 saturated carbocycles. The molecule has 18 heavy (non-hydrogen) atoms. The van der Waals surface area contributed by atoms with Crippen molar-refractivity contribution in [3.63, 3.8) is 0 Å². The lowest BCUT2D eigenvalue weighted by molar-refractivity contribution is 0.628. The Balaban J connectivity index is 2.37. The van der Waals surface area contributed by atoms with Gasteiger partial charge in [-0.2, -0.15) is 0 Å². The van der Waals surface area contributed by atoms with Gasteiger partial charge in [-0.1, -0.05) is 11.6 Å². The van der Waals surface area contributed by atoms with Crippen molar-refractivity contribution in [3.05, 3.63) is 40.5 Å². The maximum absolute atomic E-state index is 13.3. The third-order valence-electron chi connectivity index (χ3n) is 2.53. The molecule has 3 aromatic rings. The molecule has 0 amide bonds. The summed E-state index contributed by atoms with van der Waals surface area (Å²) in [6.45, 7) is 0. The molecule has 6 heteroatoms. The van der Waals surface area contributed by atoms with Gasteiger partial charge in [-0.15, -0.1) is 11.3 Å². The van der Waals surface area contributed by atoms with Crippen LogP contribution in [0.1, 0.15) is 0 Å². The molecule has 90 valence electrons. The molecule has 3 nitrogen and oxygen atoms in total. The lowest BCUT2D eigenvalue weighted by Crippen LogP contribution is -1.97. The average Bonchev–Trinajstić information content (AvgIpc) is 2.79. The monoisotopic (exact) mass is 279 g/mol. The number of thiophene rings is 1. The van der Waals surface area contributed by atoms with E-state index in [-0.39, 0.29) is 11.8 Å². The second-order valence-electron chi connectivity index (χ2n) is 3.69. The molecule has 0 spiro atoms. The van der Waals surface area contributed by atoms with Gasteiger partial charge in [0.2, 0.25) is 5.95 Å². The summed E-state index contributed by atoms with van der Waals surface area (Å²) in [5.74, 6) is -0.213. The Morgan fingerprint density at radius 1 is 1.22 bits per heavy atom. The standard InChI is InChI=1S/C12H7ClFN3S/c13-9-2-1-6(14)5-8(9)10-7-3-4-18-11(7)17-12(15)16-10/h1-5H,(H2,15,16,17). The maximum atomic E-state index is 13.3. The van der Waals surface area contributed by atoms with Crippen LogP contribution in [0.5, 0.6) is 0 Å². The Labute approximate surface area is 111 Å². The van der Waals surface area contributed by atoms with E-state index < -0.39 is 0 Å². The third-order valence-corrected chi connectivity index (χ3v) is 3.66. The van der Waals surface area contributed by atoms with Crippen LogP contribution in [0.2, 0.25) is 5.02 Å². The predicted molar refractivity (Wildman–Crippen MR) is 72.2 cm³/mol. The minimum absolute atomic E-state index is 0.153. The zero-order chi connectivity index (χ0) is 12.7. The van der Waals surface area contributed by atoms with Crippen LogP contribution >= 0.6 is 22.9 Å². The Morgan fingerprint density at radius 2 is 2.06 bits per heavy atom. The number of anilines is 1. The van der Waals surface area contributed by atoms with Crippen LogP contribution in [0.3, 0.4) is 0 Å². The number of halogens is 2. The summed E-state index contributed by atoms with van der Waals surface area (Å²) in [5.41, 5.74) is 6.74. The Kier molecular flexibility index (Phi) is 2.65. The molecule has 2 N–H and O–H groups in total. The second kappa shape index (κ2) is 4.19. The Morgan fingerprint density at radius 3 is 2.89 bits per heavy atom. The first-order valence-corrected chi connectivity index (χ1v) is 6.37. The van der Waals surface area contributed by atoms with Gasteiger partial charge in [0, 0.05) is 10.9 Å². The van der Waals surface area contributed by atoms with Crippen LogP contribution in [-0.4, -0.2) is 9.97 Å². The first-order chi connectivity index (χ1) is 8.65. The van der Waals surface area contributed by atoms with Gasteiger partial charge < -0.3 is 5.73 Å². The fourth-order valence-electron chi connectivity index (χ4n) is 1.76. The van der Waals surface area contributed by atoms with Crippen molar-refractivity contribution in [1.29, 1.82) is 0 Å². The van der Waals surface area contributed by atoms with Gasteiger partial charge >= 0.3 is 0 Å². The zero-order valence-electron chi connectivity index (χ0n) is 9.02. The van der Waals surface area contributed by atoms with Gasteiger partial charge in [-0.25, -0.2) is 14.4 Å². The van der Waals surface area contributed by atoms with Gasteiger partial charge in [-0.05, 0) is 29.6 Å². The topological polar surface area (TPSA) is 51.8 Å². The SMILES string of the molecule is Nc1nc(-c2cc(F)ccc2Cl)c2ccsc2n1. The number of fused-ring (bicyclic) bond motifs is 1.